The maximum Gasteiger partial charge on any atom is 0.357 e. The molecule has 0 fully saturated rings. The molecule has 84 valence electrons. The summed E-state index contributed by atoms with van der Waals surface area (Å²) in [7, 11) is 2.54. The smallest absolute Gasteiger partial charge is 0.357 e. The summed E-state index contributed by atoms with van der Waals surface area (Å²) in [5, 5.41) is 0. The summed E-state index contributed by atoms with van der Waals surface area (Å²) in [6.07, 6.45) is 4.14. The quantitative estimate of drug-likeness (QED) is 0.564. The van der Waals surface area contributed by atoms with Crippen LogP contribution in [0.4, 0.5) is 0 Å². The molecule has 0 radical (unpaired) electrons. The van der Waals surface area contributed by atoms with Crippen molar-refractivity contribution >= 4 is 18.0 Å². The zero-order valence-electron chi connectivity index (χ0n) is 8.97. The number of nitrogens with zero attached hydrogens (tertiary/aromatic N) is 1. The summed E-state index contributed by atoms with van der Waals surface area (Å²) in [5.41, 5.74) is 0.657. The van der Waals surface area contributed by atoms with E-state index in [4.69, 9.17) is 0 Å². The number of carbonyl (C=O) groups excluding carboxylic acids is 2. The molecule has 0 saturated heterocycles. The molecule has 1 aromatic heterocycles. The van der Waals surface area contributed by atoms with Crippen molar-refractivity contribution in [1.29, 1.82) is 0 Å². The highest BCUT2D eigenvalue weighted by Gasteiger charge is 2.10. The van der Waals surface area contributed by atoms with Crippen molar-refractivity contribution in [3.8, 4) is 0 Å². The van der Waals surface area contributed by atoms with Gasteiger partial charge >= 0.3 is 11.9 Å². The van der Waals surface area contributed by atoms with Crippen LogP contribution in [0.15, 0.2) is 24.4 Å². The molecule has 0 aromatic carbocycles. The molecule has 0 unspecified atom stereocenters. The lowest BCUT2D eigenvalue weighted by Gasteiger charge is -2.01. The van der Waals surface area contributed by atoms with E-state index in [1.807, 2.05) is 0 Å². The third-order valence-electron chi connectivity index (χ3n) is 1.82. The van der Waals surface area contributed by atoms with Gasteiger partial charge in [0.2, 0.25) is 0 Å². The van der Waals surface area contributed by atoms with E-state index in [0.717, 1.165) is 0 Å². The topological polar surface area (TPSA) is 65.5 Å². The summed E-state index contributed by atoms with van der Waals surface area (Å²) >= 11 is 0. The fourth-order valence-corrected chi connectivity index (χ4v) is 1.05. The van der Waals surface area contributed by atoms with Gasteiger partial charge in [-0.15, -0.1) is 0 Å². The SMILES string of the molecule is COC(=O)C=Cc1cccnc1C(=O)OC. The number of hydrogen-bond donors (Lipinski definition) is 0. The van der Waals surface area contributed by atoms with Gasteiger partial charge in [-0.05, 0) is 12.1 Å². The van der Waals surface area contributed by atoms with E-state index in [1.54, 1.807) is 12.1 Å². The Morgan fingerprint density at radius 3 is 2.69 bits per heavy atom. The highest BCUT2D eigenvalue weighted by Crippen LogP contribution is 2.08. The molecular formula is C11H11NO4. The van der Waals surface area contributed by atoms with Crippen LogP contribution in [-0.2, 0) is 14.3 Å². The van der Waals surface area contributed by atoms with Crippen LogP contribution in [0.2, 0.25) is 0 Å². The van der Waals surface area contributed by atoms with Crippen LogP contribution >= 0.6 is 0 Å². The second kappa shape index (κ2) is 5.65. The molecule has 16 heavy (non-hydrogen) atoms. The Labute approximate surface area is 92.7 Å². The van der Waals surface area contributed by atoms with Crippen molar-refractivity contribution in [3.05, 3.63) is 35.7 Å². The molecule has 0 atom stereocenters. The first kappa shape index (κ1) is 11.9. The van der Waals surface area contributed by atoms with Gasteiger partial charge in [0.05, 0.1) is 14.2 Å². The standard InChI is InChI=1S/C11H11NO4/c1-15-9(13)6-5-8-4-3-7-12-10(8)11(14)16-2/h3-7H,1-2H3. The van der Waals surface area contributed by atoms with Crippen LogP contribution in [0.1, 0.15) is 16.1 Å². The summed E-state index contributed by atoms with van der Waals surface area (Å²) in [6, 6.07) is 3.31. The molecule has 0 bridgehead atoms. The number of hydrogen-bond acceptors (Lipinski definition) is 5. The molecule has 1 rings (SSSR count). The minimum atomic E-state index is -0.551. The van der Waals surface area contributed by atoms with Gasteiger partial charge in [-0.3, -0.25) is 0 Å². The maximum absolute atomic E-state index is 11.3. The van der Waals surface area contributed by atoms with Crippen LogP contribution in [0.25, 0.3) is 6.08 Å². The van der Waals surface area contributed by atoms with Crippen molar-refractivity contribution in [3.63, 3.8) is 0 Å². The number of aromatic nitrogens is 1. The van der Waals surface area contributed by atoms with Crippen LogP contribution < -0.4 is 0 Å². The molecule has 0 spiro atoms. The highest BCUT2D eigenvalue weighted by atomic mass is 16.5. The zero-order valence-corrected chi connectivity index (χ0v) is 8.97. The molecule has 5 heteroatoms. The maximum atomic E-state index is 11.3. The lowest BCUT2D eigenvalue weighted by atomic mass is 10.2. The Hall–Kier alpha value is -2.17. The second-order valence-corrected chi connectivity index (χ2v) is 2.79. The van der Waals surface area contributed by atoms with Crippen molar-refractivity contribution in [1.82, 2.24) is 4.98 Å². The molecular weight excluding hydrogens is 210 g/mol. The third-order valence-corrected chi connectivity index (χ3v) is 1.82. The second-order valence-electron chi connectivity index (χ2n) is 2.79. The van der Waals surface area contributed by atoms with E-state index in [9.17, 15) is 9.59 Å². The van der Waals surface area contributed by atoms with Crippen molar-refractivity contribution in [2.45, 2.75) is 0 Å². The van der Waals surface area contributed by atoms with Gasteiger partial charge < -0.3 is 9.47 Å². The van der Waals surface area contributed by atoms with Gasteiger partial charge in [-0.2, -0.15) is 0 Å². The number of ether oxygens (including phenoxy) is 2. The van der Waals surface area contributed by atoms with Gasteiger partial charge in [0.15, 0.2) is 5.69 Å². The zero-order chi connectivity index (χ0) is 12.0. The fourth-order valence-electron chi connectivity index (χ4n) is 1.05. The van der Waals surface area contributed by atoms with Gasteiger partial charge in [0.1, 0.15) is 0 Å². The first-order valence-corrected chi connectivity index (χ1v) is 4.48. The Bertz CT molecular complexity index is 426. The first-order chi connectivity index (χ1) is 7.69. The number of esters is 2. The third kappa shape index (κ3) is 2.91. The van der Waals surface area contributed by atoms with Crippen LogP contribution in [-0.4, -0.2) is 31.1 Å². The highest BCUT2D eigenvalue weighted by molar-refractivity contribution is 5.94. The van der Waals surface area contributed by atoms with Gasteiger partial charge in [-0.25, -0.2) is 14.6 Å². The molecule has 5 nitrogen and oxygen atoms in total. The average molecular weight is 221 g/mol. The van der Waals surface area contributed by atoms with E-state index in [1.165, 1.54) is 32.6 Å². The number of pyridine rings is 1. The Kier molecular flexibility index (Phi) is 4.20. The minimum absolute atomic E-state index is 0.158. The largest absolute Gasteiger partial charge is 0.466 e. The van der Waals surface area contributed by atoms with E-state index < -0.39 is 11.9 Å². The number of rotatable bonds is 3. The van der Waals surface area contributed by atoms with Gasteiger partial charge in [-0.1, -0.05) is 6.07 Å². The molecule has 1 aromatic rings. The molecule has 0 aliphatic rings. The molecule has 0 N–H and O–H groups in total. The van der Waals surface area contributed by atoms with Crippen molar-refractivity contribution in [2.75, 3.05) is 14.2 Å². The Morgan fingerprint density at radius 1 is 1.31 bits per heavy atom. The number of carbonyl (C=O) groups is 2. The van der Waals surface area contributed by atoms with Gasteiger partial charge in [0.25, 0.3) is 0 Å². The van der Waals surface area contributed by atoms with E-state index in [2.05, 4.69) is 14.5 Å². The lowest BCUT2D eigenvalue weighted by molar-refractivity contribution is -0.134. The predicted molar refractivity (Wildman–Crippen MR) is 56.6 cm³/mol. The summed E-state index contributed by atoms with van der Waals surface area (Å²) < 4.78 is 8.99. The van der Waals surface area contributed by atoms with Crippen LogP contribution in [0.5, 0.6) is 0 Å². The fraction of sp³-hybridized carbons (Fsp3) is 0.182. The van der Waals surface area contributed by atoms with Crippen LogP contribution in [0.3, 0.4) is 0 Å². The molecule has 0 amide bonds. The summed E-state index contributed by atoms with van der Waals surface area (Å²) in [4.78, 5) is 26.1. The lowest BCUT2D eigenvalue weighted by Crippen LogP contribution is -2.06. The number of methoxy groups -OCH3 is 2. The van der Waals surface area contributed by atoms with E-state index in [-0.39, 0.29) is 5.69 Å². The van der Waals surface area contributed by atoms with Crippen molar-refractivity contribution < 1.29 is 19.1 Å². The molecule has 1 heterocycles. The molecule has 0 aliphatic carbocycles. The Balaban J connectivity index is 3.00. The van der Waals surface area contributed by atoms with Crippen molar-refractivity contribution in [2.24, 2.45) is 0 Å². The predicted octanol–water partition coefficient (Wildman–Crippen LogP) is 1.05. The van der Waals surface area contributed by atoms with Crippen LogP contribution in [0, 0.1) is 0 Å². The first-order valence-electron chi connectivity index (χ1n) is 4.48. The van der Waals surface area contributed by atoms with Gasteiger partial charge in [0, 0.05) is 17.8 Å². The Morgan fingerprint density at radius 2 is 2.06 bits per heavy atom. The summed E-state index contributed by atoms with van der Waals surface area (Å²) in [6.45, 7) is 0. The molecule has 0 aliphatic heterocycles. The minimum Gasteiger partial charge on any atom is -0.466 e. The van der Waals surface area contributed by atoms with E-state index >= 15 is 0 Å². The normalized spacial score (nSPS) is 10.1. The van der Waals surface area contributed by atoms with E-state index in [0.29, 0.717) is 5.56 Å². The average Bonchev–Trinajstić information content (AvgIpc) is 2.35. The monoisotopic (exact) mass is 221 g/mol. The molecule has 0 saturated carbocycles. The summed E-state index contributed by atoms with van der Waals surface area (Å²) in [5.74, 6) is -1.05.